The fraction of sp³-hybridized carbons (Fsp3) is 0.438. The van der Waals surface area contributed by atoms with Gasteiger partial charge in [0.15, 0.2) is 5.76 Å². The lowest BCUT2D eigenvalue weighted by Crippen LogP contribution is -2.39. The summed E-state index contributed by atoms with van der Waals surface area (Å²) in [4.78, 5) is 12.2. The van der Waals surface area contributed by atoms with Gasteiger partial charge >= 0.3 is 0 Å². The Hall–Kier alpha value is -1.81. The molecular weight excluding hydrogens is 252 g/mol. The van der Waals surface area contributed by atoms with Crippen molar-refractivity contribution in [1.82, 2.24) is 5.32 Å². The molecule has 0 fully saturated rings. The van der Waals surface area contributed by atoms with Gasteiger partial charge in [0, 0.05) is 11.4 Å². The van der Waals surface area contributed by atoms with Gasteiger partial charge in [0.05, 0.1) is 0 Å². The van der Waals surface area contributed by atoms with Crippen LogP contribution in [0, 0.1) is 12.8 Å². The molecule has 1 heterocycles. The van der Waals surface area contributed by atoms with Gasteiger partial charge in [-0.3, -0.25) is 4.79 Å². The number of furan rings is 1. The van der Waals surface area contributed by atoms with Crippen LogP contribution in [0.15, 0.2) is 28.7 Å². The summed E-state index contributed by atoms with van der Waals surface area (Å²) in [5.74, 6) is 0.522. The van der Waals surface area contributed by atoms with E-state index in [9.17, 15) is 4.79 Å². The summed E-state index contributed by atoms with van der Waals surface area (Å²) in [5, 5.41) is 3.95. The van der Waals surface area contributed by atoms with E-state index >= 15 is 0 Å². The summed E-state index contributed by atoms with van der Waals surface area (Å²) in [6.07, 6.45) is 0.767. The van der Waals surface area contributed by atoms with Crippen LogP contribution in [0.1, 0.15) is 36.4 Å². The summed E-state index contributed by atoms with van der Waals surface area (Å²) < 4.78 is 5.60. The Labute approximate surface area is 119 Å². The summed E-state index contributed by atoms with van der Waals surface area (Å²) in [6.45, 7) is 6.72. The summed E-state index contributed by atoms with van der Waals surface area (Å²) >= 11 is 0. The zero-order chi connectivity index (χ0) is 14.7. The lowest BCUT2D eigenvalue weighted by Gasteiger charge is -2.20. The number of carbonyl (C=O) groups excluding carboxylic acids is 1. The Bertz CT molecular complexity index is 602. The molecule has 0 spiro atoms. The lowest BCUT2D eigenvalue weighted by atomic mass is 10.0. The van der Waals surface area contributed by atoms with Gasteiger partial charge in [0.1, 0.15) is 5.58 Å². The quantitative estimate of drug-likeness (QED) is 0.881. The van der Waals surface area contributed by atoms with Crippen molar-refractivity contribution in [3.63, 3.8) is 0 Å². The van der Waals surface area contributed by atoms with Crippen molar-refractivity contribution in [2.75, 3.05) is 6.54 Å². The standard InChI is InChI=1S/C16H22N2O2/c1-10(2)13(6-7-17)18-16(19)15-9-12-8-11(3)4-5-14(12)20-15/h4-5,8-10,13H,6-7,17H2,1-3H3,(H,18,19). The second kappa shape index (κ2) is 6.09. The molecule has 108 valence electrons. The minimum atomic E-state index is -0.175. The van der Waals surface area contributed by atoms with Crippen LogP contribution in [0.25, 0.3) is 11.0 Å². The van der Waals surface area contributed by atoms with Crippen LogP contribution in [-0.4, -0.2) is 18.5 Å². The van der Waals surface area contributed by atoms with E-state index in [2.05, 4.69) is 19.2 Å². The highest BCUT2D eigenvalue weighted by molar-refractivity contribution is 5.96. The third-order valence-electron chi connectivity index (χ3n) is 3.49. The van der Waals surface area contributed by atoms with E-state index in [1.807, 2.05) is 25.1 Å². The maximum absolute atomic E-state index is 12.2. The molecule has 1 atom stereocenters. The summed E-state index contributed by atoms with van der Waals surface area (Å²) in [5.41, 5.74) is 7.47. The van der Waals surface area contributed by atoms with E-state index in [0.717, 1.165) is 23.0 Å². The molecule has 0 aliphatic carbocycles. The first-order valence-corrected chi connectivity index (χ1v) is 7.02. The van der Waals surface area contributed by atoms with Gasteiger partial charge in [-0.25, -0.2) is 0 Å². The smallest absolute Gasteiger partial charge is 0.287 e. The zero-order valence-electron chi connectivity index (χ0n) is 12.3. The van der Waals surface area contributed by atoms with Gasteiger partial charge in [-0.15, -0.1) is 0 Å². The topological polar surface area (TPSA) is 68.3 Å². The second-order valence-electron chi connectivity index (χ2n) is 5.55. The van der Waals surface area contributed by atoms with Gasteiger partial charge < -0.3 is 15.5 Å². The molecule has 1 amide bonds. The highest BCUT2D eigenvalue weighted by atomic mass is 16.3. The van der Waals surface area contributed by atoms with Crippen molar-refractivity contribution in [2.45, 2.75) is 33.2 Å². The van der Waals surface area contributed by atoms with Crippen LogP contribution in [0.4, 0.5) is 0 Å². The number of rotatable bonds is 5. The molecule has 20 heavy (non-hydrogen) atoms. The van der Waals surface area contributed by atoms with Crippen LogP contribution in [0.5, 0.6) is 0 Å². The third-order valence-corrected chi connectivity index (χ3v) is 3.49. The van der Waals surface area contributed by atoms with E-state index in [0.29, 0.717) is 18.2 Å². The first kappa shape index (κ1) is 14.6. The molecule has 0 saturated carbocycles. The van der Waals surface area contributed by atoms with Crippen LogP contribution in [-0.2, 0) is 0 Å². The monoisotopic (exact) mass is 274 g/mol. The van der Waals surface area contributed by atoms with Crippen molar-refractivity contribution < 1.29 is 9.21 Å². The fourth-order valence-electron chi connectivity index (χ4n) is 2.27. The molecule has 4 heteroatoms. The number of benzene rings is 1. The number of carbonyl (C=O) groups is 1. The summed E-state index contributed by atoms with van der Waals surface area (Å²) in [7, 11) is 0. The first-order valence-electron chi connectivity index (χ1n) is 7.02. The summed E-state index contributed by atoms with van der Waals surface area (Å²) in [6, 6.07) is 7.73. The third kappa shape index (κ3) is 3.20. The molecule has 2 aromatic rings. The lowest BCUT2D eigenvalue weighted by molar-refractivity contribution is 0.0898. The molecule has 4 nitrogen and oxygen atoms in total. The largest absolute Gasteiger partial charge is 0.451 e. The molecule has 0 bridgehead atoms. The Morgan fingerprint density at radius 1 is 1.35 bits per heavy atom. The molecule has 1 aromatic heterocycles. The van der Waals surface area contributed by atoms with Gasteiger partial charge in [-0.1, -0.05) is 25.5 Å². The SMILES string of the molecule is Cc1ccc2oc(C(=O)NC(CCN)C(C)C)cc2c1. The number of nitrogens with one attached hydrogen (secondary N) is 1. The van der Waals surface area contributed by atoms with Crippen molar-refractivity contribution in [1.29, 1.82) is 0 Å². The Kier molecular flexibility index (Phi) is 4.45. The van der Waals surface area contributed by atoms with E-state index < -0.39 is 0 Å². The van der Waals surface area contributed by atoms with E-state index in [-0.39, 0.29) is 11.9 Å². The van der Waals surface area contributed by atoms with E-state index in [1.54, 1.807) is 6.07 Å². The number of nitrogens with two attached hydrogens (primary N) is 1. The molecule has 0 aliphatic heterocycles. The molecule has 1 aromatic carbocycles. The zero-order valence-corrected chi connectivity index (χ0v) is 12.3. The van der Waals surface area contributed by atoms with Crippen LogP contribution in [0.3, 0.4) is 0 Å². The molecule has 1 unspecified atom stereocenters. The number of amides is 1. The van der Waals surface area contributed by atoms with Gasteiger partial charge in [-0.05, 0) is 44.0 Å². The number of fused-ring (bicyclic) bond motifs is 1. The molecule has 3 N–H and O–H groups in total. The number of hydrogen-bond donors (Lipinski definition) is 2. The molecule has 0 radical (unpaired) electrons. The van der Waals surface area contributed by atoms with E-state index in [1.165, 1.54) is 0 Å². The minimum Gasteiger partial charge on any atom is -0.451 e. The molecule has 2 rings (SSSR count). The van der Waals surface area contributed by atoms with Crippen LogP contribution >= 0.6 is 0 Å². The minimum absolute atomic E-state index is 0.0717. The molecular formula is C16H22N2O2. The maximum Gasteiger partial charge on any atom is 0.287 e. The van der Waals surface area contributed by atoms with Gasteiger partial charge in [0.2, 0.25) is 0 Å². The Balaban J connectivity index is 2.18. The van der Waals surface area contributed by atoms with Crippen LogP contribution in [0.2, 0.25) is 0 Å². The Morgan fingerprint density at radius 3 is 2.75 bits per heavy atom. The van der Waals surface area contributed by atoms with E-state index in [4.69, 9.17) is 10.2 Å². The maximum atomic E-state index is 12.2. The second-order valence-corrected chi connectivity index (χ2v) is 5.55. The molecule has 0 aliphatic rings. The predicted molar refractivity (Wildman–Crippen MR) is 80.7 cm³/mol. The van der Waals surface area contributed by atoms with Crippen molar-refractivity contribution >= 4 is 16.9 Å². The average Bonchev–Trinajstić information content (AvgIpc) is 2.80. The first-order chi connectivity index (χ1) is 9.51. The average molecular weight is 274 g/mol. The van der Waals surface area contributed by atoms with Gasteiger partial charge in [0.25, 0.3) is 5.91 Å². The normalized spacial score (nSPS) is 12.8. The number of aryl methyl sites for hydroxylation is 1. The van der Waals surface area contributed by atoms with Crippen molar-refractivity contribution in [3.8, 4) is 0 Å². The van der Waals surface area contributed by atoms with Crippen molar-refractivity contribution in [3.05, 3.63) is 35.6 Å². The Morgan fingerprint density at radius 2 is 2.10 bits per heavy atom. The fourth-order valence-corrected chi connectivity index (χ4v) is 2.27. The highest BCUT2D eigenvalue weighted by Crippen LogP contribution is 2.21. The van der Waals surface area contributed by atoms with Crippen LogP contribution < -0.4 is 11.1 Å². The highest BCUT2D eigenvalue weighted by Gasteiger charge is 2.19. The predicted octanol–water partition coefficient (Wildman–Crippen LogP) is 2.84. The van der Waals surface area contributed by atoms with Gasteiger partial charge in [-0.2, -0.15) is 0 Å². The van der Waals surface area contributed by atoms with Crippen molar-refractivity contribution in [2.24, 2.45) is 11.7 Å². The molecule has 0 saturated heterocycles. The number of hydrogen-bond acceptors (Lipinski definition) is 3.